The molecular formula is C4H8O10P2. The maximum atomic E-state index is 10.2. The van der Waals surface area contributed by atoms with Crippen LogP contribution in [0.3, 0.4) is 0 Å². The Labute approximate surface area is 88.5 Å². The Morgan fingerprint density at radius 1 is 1.00 bits per heavy atom. The molecular weight excluding hydrogens is 270 g/mol. The molecule has 0 aromatic heterocycles. The Bertz CT molecular complexity index is 384. The molecule has 0 saturated heterocycles. The lowest BCUT2D eigenvalue weighted by atomic mass is 10.5. The number of hydrogen-bond donors (Lipinski definition) is 6. The quantitative estimate of drug-likeness (QED) is 0.228. The van der Waals surface area contributed by atoms with Gasteiger partial charge in [0.15, 0.2) is 5.76 Å². The molecule has 0 fully saturated rings. The van der Waals surface area contributed by atoms with Crippen molar-refractivity contribution in [3.05, 3.63) is 24.0 Å². The van der Waals surface area contributed by atoms with E-state index in [1.807, 2.05) is 0 Å². The highest BCUT2D eigenvalue weighted by atomic mass is 31.2. The molecule has 0 aliphatic carbocycles. The molecule has 0 atom stereocenters. The average Bonchev–Trinajstić information content (AvgIpc) is 1.95. The van der Waals surface area contributed by atoms with Gasteiger partial charge in [0.25, 0.3) is 5.95 Å². The molecule has 0 aliphatic rings. The maximum Gasteiger partial charge on any atom is 0.527 e. The van der Waals surface area contributed by atoms with Crippen molar-refractivity contribution in [3.8, 4) is 0 Å². The van der Waals surface area contributed by atoms with Gasteiger partial charge in [-0.1, -0.05) is 0 Å². The van der Waals surface area contributed by atoms with Gasteiger partial charge in [-0.05, 0) is 0 Å². The van der Waals surface area contributed by atoms with Crippen LogP contribution >= 0.6 is 15.6 Å². The molecule has 0 heterocycles. The van der Waals surface area contributed by atoms with Gasteiger partial charge in [0.1, 0.15) is 6.26 Å². The van der Waals surface area contributed by atoms with Crippen LogP contribution in [-0.4, -0.2) is 29.8 Å². The van der Waals surface area contributed by atoms with Crippen LogP contribution in [0.1, 0.15) is 0 Å². The van der Waals surface area contributed by atoms with Crippen LogP contribution < -0.4 is 0 Å². The Kier molecular flexibility index (Phi) is 5.01. The van der Waals surface area contributed by atoms with Gasteiger partial charge in [-0.15, -0.1) is 0 Å². The Morgan fingerprint density at radius 3 is 1.88 bits per heavy atom. The van der Waals surface area contributed by atoms with E-state index >= 15 is 0 Å². The summed E-state index contributed by atoms with van der Waals surface area (Å²) in [6, 6.07) is 0. The Balaban J connectivity index is 4.53. The normalized spacial score (nSPS) is 14.8. The van der Waals surface area contributed by atoms with Gasteiger partial charge < -0.3 is 19.3 Å². The van der Waals surface area contributed by atoms with Crippen LogP contribution in [0.2, 0.25) is 0 Å². The van der Waals surface area contributed by atoms with Crippen molar-refractivity contribution in [1.29, 1.82) is 0 Å². The van der Waals surface area contributed by atoms with Crippen molar-refractivity contribution in [2.75, 3.05) is 0 Å². The van der Waals surface area contributed by atoms with E-state index in [9.17, 15) is 9.13 Å². The van der Waals surface area contributed by atoms with Crippen molar-refractivity contribution in [1.82, 2.24) is 0 Å². The van der Waals surface area contributed by atoms with Crippen molar-refractivity contribution in [3.63, 3.8) is 0 Å². The minimum absolute atomic E-state index is 0.153. The fourth-order valence-corrected chi connectivity index (χ4v) is 0.973. The van der Waals surface area contributed by atoms with Crippen molar-refractivity contribution in [2.24, 2.45) is 0 Å². The third-order valence-corrected chi connectivity index (χ3v) is 1.60. The number of phosphoric ester groups is 2. The van der Waals surface area contributed by atoms with Gasteiger partial charge in [-0.3, -0.25) is 19.6 Å². The Hall–Kier alpha value is -1.02. The van der Waals surface area contributed by atoms with Crippen LogP contribution in [0.25, 0.3) is 0 Å². The molecule has 0 rings (SSSR count). The number of hydrogen-bond acceptors (Lipinski definition) is 6. The first-order valence-corrected chi connectivity index (χ1v) is 6.34. The second-order valence-electron chi connectivity index (χ2n) is 2.20. The average molecular weight is 278 g/mol. The van der Waals surface area contributed by atoms with Crippen molar-refractivity contribution >= 4 is 15.6 Å². The van der Waals surface area contributed by atoms with Crippen molar-refractivity contribution in [2.45, 2.75) is 0 Å². The fourth-order valence-electron chi connectivity index (χ4n) is 0.431. The highest BCUT2D eigenvalue weighted by Gasteiger charge is 2.18. The van der Waals surface area contributed by atoms with Crippen LogP contribution in [0.5, 0.6) is 0 Å². The molecule has 0 spiro atoms. The smallest absolute Gasteiger partial charge is 0.505 e. The van der Waals surface area contributed by atoms with E-state index in [1.54, 1.807) is 0 Å². The molecule has 12 heteroatoms. The summed E-state index contributed by atoms with van der Waals surface area (Å²) in [4.78, 5) is 32.7. The lowest BCUT2D eigenvalue weighted by molar-refractivity contribution is 0.151. The number of aliphatic hydroxyl groups is 2. The van der Waals surface area contributed by atoms with Crippen LogP contribution in [0.15, 0.2) is 24.0 Å². The fraction of sp³-hybridized carbons (Fsp3) is 0. The van der Waals surface area contributed by atoms with E-state index in [2.05, 4.69) is 9.05 Å². The summed E-state index contributed by atoms with van der Waals surface area (Å²) in [5, 5.41) is 17.5. The third-order valence-electron chi connectivity index (χ3n) is 0.795. The topological polar surface area (TPSA) is 174 Å². The first kappa shape index (κ1) is 15.0. The van der Waals surface area contributed by atoms with Crippen LogP contribution in [0, 0.1) is 0 Å². The zero-order chi connectivity index (χ0) is 13.0. The zero-order valence-electron chi connectivity index (χ0n) is 7.37. The molecule has 0 radical (unpaired) electrons. The summed E-state index contributed by atoms with van der Waals surface area (Å²) in [7, 11) is -9.83. The van der Waals surface area contributed by atoms with Gasteiger partial charge >= 0.3 is 15.6 Å². The number of aliphatic hydroxyl groups excluding tert-OH is 2. The molecule has 0 bridgehead atoms. The summed E-state index contributed by atoms with van der Waals surface area (Å²) < 4.78 is 27.5. The van der Waals surface area contributed by atoms with Gasteiger partial charge in [0.05, 0.1) is 6.08 Å². The standard InChI is InChI=1S/C4H8O10P2/c5-3(2-13-15(7,8)9)1-4(6)14-16(10,11)12/h1-2,5-6H,(H2,7,8,9)(H2,10,11,12). The van der Waals surface area contributed by atoms with Crippen molar-refractivity contribution < 1.29 is 48.0 Å². The second-order valence-corrected chi connectivity index (χ2v) is 4.56. The summed E-state index contributed by atoms with van der Waals surface area (Å²) in [5.74, 6) is -2.40. The minimum Gasteiger partial charge on any atom is -0.505 e. The molecule has 0 unspecified atom stereocenters. The van der Waals surface area contributed by atoms with E-state index in [1.165, 1.54) is 0 Å². The summed E-state index contributed by atoms with van der Waals surface area (Å²) in [5.41, 5.74) is 0. The number of allylic oxidation sites excluding steroid dienone is 1. The molecule has 0 saturated carbocycles. The molecule has 0 aromatic carbocycles. The SMILES string of the molecule is O=P(O)(O)OC=C(O)C=C(O)OP(=O)(O)O. The van der Waals surface area contributed by atoms with Gasteiger partial charge in [-0.25, -0.2) is 9.13 Å². The molecule has 6 N–H and O–H groups in total. The first-order valence-electron chi connectivity index (χ1n) is 3.28. The van der Waals surface area contributed by atoms with E-state index in [-0.39, 0.29) is 12.3 Å². The molecule has 0 aliphatic heterocycles. The zero-order valence-corrected chi connectivity index (χ0v) is 9.15. The van der Waals surface area contributed by atoms with Crippen LogP contribution in [-0.2, 0) is 18.2 Å². The Morgan fingerprint density at radius 2 is 1.50 bits per heavy atom. The molecule has 0 amide bonds. The molecule has 94 valence electrons. The predicted molar refractivity (Wildman–Crippen MR) is 47.7 cm³/mol. The highest BCUT2D eigenvalue weighted by molar-refractivity contribution is 7.46. The monoisotopic (exact) mass is 278 g/mol. The molecule has 0 aromatic rings. The molecule has 10 nitrogen and oxygen atoms in total. The highest BCUT2D eigenvalue weighted by Crippen LogP contribution is 2.38. The van der Waals surface area contributed by atoms with E-state index in [0.717, 1.165) is 0 Å². The largest absolute Gasteiger partial charge is 0.527 e. The first-order chi connectivity index (χ1) is 6.99. The van der Waals surface area contributed by atoms with E-state index in [0.29, 0.717) is 0 Å². The lowest BCUT2D eigenvalue weighted by Gasteiger charge is -2.04. The summed E-state index contributed by atoms with van der Waals surface area (Å²) in [6.45, 7) is 0. The van der Waals surface area contributed by atoms with E-state index in [4.69, 9.17) is 29.8 Å². The summed E-state index contributed by atoms with van der Waals surface area (Å²) in [6.07, 6.45) is 0.411. The number of phosphoric acid groups is 2. The predicted octanol–water partition coefficient (Wildman–Crippen LogP) is 0.00380. The molecule has 16 heavy (non-hydrogen) atoms. The second kappa shape index (κ2) is 5.35. The maximum absolute atomic E-state index is 10.2. The lowest BCUT2D eigenvalue weighted by Crippen LogP contribution is -1.90. The van der Waals surface area contributed by atoms with Gasteiger partial charge in [0.2, 0.25) is 0 Å². The minimum atomic E-state index is -4.98. The van der Waals surface area contributed by atoms with Gasteiger partial charge in [0, 0.05) is 0 Å². The number of rotatable bonds is 5. The third kappa shape index (κ3) is 9.53. The van der Waals surface area contributed by atoms with E-state index < -0.39 is 27.3 Å². The van der Waals surface area contributed by atoms with Crippen LogP contribution in [0.4, 0.5) is 0 Å². The summed E-state index contributed by atoms with van der Waals surface area (Å²) >= 11 is 0. The van der Waals surface area contributed by atoms with Gasteiger partial charge in [-0.2, -0.15) is 0 Å².